The van der Waals surface area contributed by atoms with Crippen LogP contribution in [0, 0.1) is 17.5 Å². The largest absolute Gasteiger partial charge is 0.302 e. The molecule has 2 nitrogen and oxygen atoms in total. The topological polar surface area (TPSA) is 20.7 Å². The number of aryl methyl sites for hydroxylation is 2. The second-order valence-corrected chi connectivity index (χ2v) is 4.03. The van der Waals surface area contributed by atoms with Gasteiger partial charge < -0.3 is 5.10 Å². The van der Waals surface area contributed by atoms with Crippen molar-refractivity contribution in [3.8, 4) is 0 Å². The highest BCUT2D eigenvalue weighted by molar-refractivity contribution is 7.71. The van der Waals surface area contributed by atoms with Crippen molar-refractivity contribution in [1.29, 1.82) is 0 Å². The summed E-state index contributed by atoms with van der Waals surface area (Å²) < 4.78 is 2.94. The van der Waals surface area contributed by atoms with Crippen molar-refractivity contribution in [1.82, 2.24) is 9.78 Å². The third-order valence-corrected chi connectivity index (χ3v) is 2.19. The van der Waals surface area contributed by atoms with Crippen LogP contribution in [-0.2, 0) is 6.54 Å². The summed E-state index contributed by atoms with van der Waals surface area (Å²) in [6.45, 7) is 7.48. The van der Waals surface area contributed by atoms with E-state index in [4.69, 9.17) is 12.2 Å². The van der Waals surface area contributed by atoms with E-state index < -0.39 is 0 Å². The zero-order valence-corrected chi connectivity index (χ0v) is 8.74. The number of H-pyrrole nitrogens is 1. The normalized spacial score (nSPS) is 11.0. The summed E-state index contributed by atoms with van der Waals surface area (Å²) in [4.78, 5) is 0. The standard InChI is InChI=1S/C9H16N2S/c1-7(2)4-5-11-9(12)6-8(3)10-11/h6-7,10H,4-5H2,1-3H3. The van der Waals surface area contributed by atoms with Crippen LogP contribution in [0.3, 0.4) is 0 Å². The van der Waals surface area contributed by atoms with Gasteiger partial charge in [0.25, 0.3) is 0 Å². The van der Waals surface area contributed by atoms with E-state index in [1.54, 1.807) is 0 Å². The van der Waals surface area contributed by atoms with E-state index in [1.807, 2.05) is 17.7 Å². The molecule has 0 bridgehead atoms. The highest BCUT2D eigenvalue weighted by Gasteiger charge is 1.97. The lowest BCUT2D eigenvalue weighted by atomic mass is 10.1. The zero-order chi connectivity index (χ0) is 9.14. The second kappa shape index (κ2) is 3.90. The molecule has 0 fully saturated rings. The summed E-state index contributed by atoms with van der Waals surface area (Å²) >= 11 is 5.16. The fourth-order valence-electron chi connectivity index (χ4n) is 1.12. The van der Waals surface area contributed by atoms with Crippen LogP contribution in [0.15, 0.2) is 6.07 Å². The SMILES string of the molecule is Cc1cc(=S)n(CCC(C)C)[nH]1. The van der Waals surface area contributed by atoms with Crippen molar-refractivity contribution in [3.05, 3.63) is 16.4 Å². The molecule has 1 aromatic rings. The minimum absolute atomic E-state index is 0.732. The van der Waals surface area contributed by atoms with Gasteiger partial charge in [0, 0.05) is 12.2 Å². The van der Waals surface area contributed by atoms with Crippen LogP contribution in [0.25, 0.3) is 0 Å². The fraction of sp³-hybridized carbons (Fsp3) is 0.667. The first kappa shape index (κ1) is 9.52. The van der Waals surface area contributed by atoms with Crippen LogP contribution in [0.1, 0.15) is 26.0 Å². The van der Waals surface area contributed by atoms with Crippen molar-refractivity contribution in [2.75, 3.05) is 0 Å². The molecule has 0 aliphatic carbocycles. The van der Waals surface area contributed by atoms with Gasteiger partial charge in [0.15, 0.2) is 0 Å². The molecular weight excluding hydrogens is 168 g/mol. The number of nitrogens with one attached hydrogen (secondary N) is 1. The molecule has 0 aliphatic rings. The molecule has 0 amide bonds. The third-order valence-electron chi connectivity index (χ3n) is 1.85. The van der Waals surface area contributed by atoms with Gasteiger partial charge in [0.1, 0.15) is 4.64 Å². The molecule has 1 N–H and O–H groups in total. The Kier molecular flexibility index (Phi) is 3.09. The van der Waals surface area contributed by atoms with E-state index in [2.05, 4.69) is 18.9 Å². The van der Waals surface area contributed by atoms with Crippen molar-refractivity contribution < 1.29 is 0 Å². The van der Waals surface area contributed by atoms with Crippen molar-refractivity contribution in [2.45, 2.75) is 33.7 Å². The number of aromatic nitrogens is 2. The zero-order valence-electron chi connectivity index (χ0n) is 7.92. The van der Waals surface area contributed by atoms with E-state index in [1.165, 1.54) is 6.42 Å². The molecule has 0 aromatic carbocycles. The Bertz CT molecular complexity index is 296. The van der Waals surface area contributed by atoms with E-state index in [9.17, 15) is 0 Å². The quantitative estimate of drug-likeness (QED) is 0.716. The van der Waals surface area contributed by atoms with Gasteiger partial charge in [-0.25, -0.2) is 0 Å². The summed E-state index contributed by atoms with van der Waals surface area (Å²) in [6.07, 6.45) is 1.17. The van der Waals surface area contributed by atoms with Gasteiger partial charge in [-0.05, 0) is 25.3 Å². The highest BCUT2D eigenvalue weighted by Crippen LogP contribution is 2.04. The van der Waals surface area contributed by atoms with Crippen LogP contribution in [-0.4, -0.2) is 9.78 Å². The Balaban J connectivity index is 2.63. The number of nitrogens with zero attached hydrogens (tertiary/aromatic N) is 1. The van der Waals surface area contributed by atoms with Gasteiger partial charge in [-0.2, -0.15) is 0 Å². The lowest BCUT2D eigenvalue weighted by Crippen LogP contribution is -2.03. The summed E-state index contributed by atoms with van der Waals surface area (Å²) in [5.74, 6) is 0.732. The number of rotatable bonds is 3. The molecule has 0 saturated carbocycles. The van der Waals surface area contributed by atoms with E-state index >= 15 is 0 Å². The smallest absolute Gasteiger partial charge is 0.122 e. The van der Waals surface area contributed by atoms with Gasteiger partial charge in [-0.1, -0.05) is 26.1 Å². The predicted octanol–water partition coefficient (Wildman–Crippen LogP) is 2.90. The molecule has 1 heterocycles. The molecule has 3 heteroatoms. The van der Waals surface area contributed by atoms with Crippen LogP contribution in [0.2, 0.25) is 0 Å². The molecule has 68 valence electrons. The van der Waals surface area contributed by atoms with Crippen molar-refractivity contribution >= 4 is 12.2 Å². The molecule has 0 radical (unpaired) electrons. The monoisotopic (exact) mass is 184 g/mol. The van der Waals surface area contributed by atoms with Crippen molar-refractivity contribution in [2.24, 2.45) is 5.92 Å². The van der Waals surface area contributed by atoms with E-state index in [0.29, 0.717) is 0 Å². The van der Waals surface area contributed by atoms with Gasteiger partial charge in [0.2, 0.25) is 0 Å². The average molecular weight is 184 g/mol. The highest BCUT2D eigenvalue weighted by atomic mass is 32.1. The lowest BCUT2D eigenvalue weighted by Gasteiger charge is -2.05. The first-order valence-electron chi connectivity index (χ1n) is 4.36. The lowest BCUT2D eigenvalue weighted by molar-refractivity contribution is 0.482. The molecule has 12 heavy (non-hydrogen) atoms. The van der Waals surface area contributed by atoms with Gasteiger partial charge in [-0.3, -0.25) is 4.68 Å². The number of aromatic amines is 1. The van der Waals surface area contributed by atoms with Gasteiger partial charge >= 0.3 is 0 Å². The number of hydrogen-bond donors (Lipinski definition) is 1. The van der Waals surface area contributed by atoms with E-state index in [-0.39, 0.29) is 0 Å². The Labute approximate surface area is 78.6 Å². The molecule has 1 aromatic heterocycles. The molecule has 1 rings (SSSR count). The maximum absolute atomic E-state index is 5.16. The molecule has 0 spiro atoms. The van der Waals surface area contributed by atoms with Gasteiger partial charge in [0.05, 0.1) is 0 Å². The minimum Gasteiger partial charge on any atom is -0.302 e. The van der Waals surface area contributed by atoms with E-state index in [0.717, 1.165) is 22.8 Å². The summed E-state index contributed by atoms with van der Waals surface area (Å²) in [7, 11) is 0. The van der Waals surface area contributed by atoms with Crippen LogP contribution in [0.5, 0.6) is 0 Å². The summed E-state index contributed by atoms with van der Waals surface area (Å²) in [5, 5.41) is 3.21. The Morgan fingerprint density at radius 3 is 2.67 bits per heavy atom. The summed E-state index contributed by atoms with van der Waals surface area (Å²) in [5.41, 5.74) is 1.14. The Hall–Kier alpha value is -0.570. The average Bonchev–Trinajstić information content (AvgIpc) is 2.26. The Morgan fingerprint density at radius 2 is 2.25 bits per heavy atom. The summed E-state index contributed by atoms with van der Waals surface area (Å²) in [6, 6.07) is 2.00. The van der Waals surface area contributed by atoms with Crippen LogP contribution in [0.4, 0.5) is 0 Å². The third kappa shape index (κ3) is 2.48. The van der Waals surface area contributed by atoms with Crippen LogP contribution >= 0.6 is 12.2 Å². The van der Waals surface area contributed by atoms with Gasteiger partial charge in [-0.15, -0.1) is 0 Å². The first-order chi connectivity index (χ1) is 5.59. The Morgan fingerprint density at radius 1 is 1.58 bits per heavy atom. The van der Waals surface area contributed by atoms with Crippen LogP contribution < -0.4 is 0 Å². The second-order valence-electron chi connectivity index (χ2n) is 3.61. The molecule has 0 aliphatic heterocycles. The first-order valence-corrected chi connectivity index (χ1v) is 4.77. The molecule has 0 unspecified atom stereocenters. The minimum atomic E-state index is 0.732. The maximum atomic E-state index is 5.16. The molecule has 0 atom stereocenters. The number of hydrogen-bond acceptors (Lipinski definition) is 1. The fourth-order valence-corrected chi connectivity index (χ4v) is 1.43. The van der Waals surface area contributed by atoms with Crippen molar-refractivity contribution in [3.63, 3.8) is 0 Å². The molecule has 0 saturated heterocycles. The predicted molar refractivity (Wildman–Crippen MR) is 53.8 cm³/mol. The molecular formula is C9H16N2S. The maximum Gasteiger partial charge on any atom is 0.122 e.